The fourth-order valence-electron chi connectivity index (χ4n) is 2.11. The smallest absolute Gasteiger partial charge is 0.165 e. The molecule has 2 N–H and O–H groups in total. The molecule has 0 bridgehead atoms. The summed E-state index contributed by atoms with van der Waals surface area (Å²) in [5, 5.41) is 0.643. The van der Waals surface area contributed by atoms with E-state index in [-0.39, 0.29) is 17.6 Å². The number of ether oxygens (including phenoxy) is 1. The first-order chi connectivity index (χ1) is 10.0. The van der Waals surface area contributed by atoms with Crippen LogP contribution >= 0.6 is 11.6 Å². The van der Waals surface area contributed by atoms with Crippen molar-refractivity contribution in [1.29, 1.82) is 0 Å². The van der Waals surface area contributed by atoms with E-state index in [0.717, 1.165) is 17.5 Å². The van der Waals surface area contributed by atoms with Gasteiger partial charge in [-0.1, -0.05) is 36.7 Å². The zero-order valence-electron chi connectivity index (χ0n) is 12.1. The van der Waals surface area contributed by atoms with Gasteiger partial charge in [0.2, 0.25) is 0 Å². The number of halogens is 2. The molecule has 2 aromatic rings. The quantitative estimate of drug-likeness (QED) is 0.873. The van der Waals surface area contributed by atoms with E-state index in [1.54, 1.807) is 24.3 Å². The zero-order chi connectivity index (χ0) is 15.4. The van der Waals surface area contributed by atoms with Crippen LogP contribution in [0.4, 0.5) is 4.39 Å². The lowest BCUT2D eigenvalue weighted by molar-refractivity contribution is 0.163. The molecule has 0 spiro atoms. The molecule has 0 saturated carbocycles. The van der Waals surface area contributed by atoms with Crippen LogP contribution in [0.2, 0.25) is 5.02 Å². The van der Waals surface area contributed by atoms with Gasteiger partial charge in [-0.15, -0.1) is 0 Å². The summed E-state index contributed by atoms with van der Waals surface area (Å²) in [5.41, 5.74) is 7.96. The van der Waals surface area contributed by atoms with Crippen molar-refractivity contribution in [2.24, 2.45) is 5.73 Å². The Morgan fingerprint density at radius 2 is 1.86 bits per heavy atom. The Morgan fingerprint density at radius 3 is 2.48 bits per heavy atom. The summed E-state index contributed by atoms with van der Waals surface area (Å²) in [7, 11) is 0. The van der Waals surface area contributed by atoms with Gasteiger partial charge in [0.05, 0.1) is 0 Å². The first-order valence-electron chi connectivity index (χ1n) is 6.95. The van der Waals surface area contributed by atoms with Crippen molar-refractivity contribution in [3.63, 3.8) is 0 Å². The van der Waals surface area contributed by atoms with Gasteiger partial charge >= 0.3 is 0 Å². The summed E-state index contributed by atoms with van der Waals surface area (Å²) >= 11 is 5.90. The van der Waals surface area contributed by atoms with Crippen molar-refractivity contribution >= 4 is 11.6 Å². The van der Waals surface area contributed by atoms with Gasteiger partial charge in [0.1, 0.15) is 6.10 Å². The molecule has 0 radical (unpaired) electrons. The molecule has 0 heterocycles. The maximum atomic E-state index is 13.9. The monoisotopic (exact) mass is 307 g/mol. The largest absolute Gasteiger partial charge is 0.481 e. The van der Waals surface area contributed by atoms with E-state index in [4.69, 9.17) is 22.1 Å². The summed E-state index contributed by atoms with van der Waals surface area (Å²) in [6.45, 7) is 3.87. The summed E-state index contributed by atoms with van der Waals surface area (Å²) < 4.78 is 19.8. The Kier molecular flexibility index (Phi) is 5.21. The normalized spacial score (nSPS) is 13.8. The van der Waals surface area contributed by atoms with Crippen molar-refractivity contribution in [2.75, 3.05) is 0 Å². The molecule has 2 atom stereocenters. The number of rotatable bonds is 5. The van der Waals surface area contributed by atoms with Crippen LogP contribution in [0.3, 0.4) is 0 Å². The predicted octanol–water partition coefficient (Wildman–Crippen LogP) is 4.64. The van der Waals surface area contributed by atoms with Crippen LogP contribution in [-0.2, 0) is 0 Å². The average molecular weight is 308 g/mol. The molecule has 2 aromatic carbocycles. The molecule has 0 aliphatic rings. The number of hydrogen-bond acceptors (Lipinski definition) is 2. The minimum absolute atomic E-state index is 0.221. The first-order valence-corrected chi connectivity index (χ1v) is 7.33. The van der Waals surface area contributed by atoms with Crippen LogP contribution < -0.4 is 10.5 Å². The second-order valence-corrected chi connectivity index (χ2v) is 5.53. The highest BCUT2D eigenvalue weighted by Crippen LogP contribution is 2.29. The molecule has 2 unspecified atom stereocenters. The van der Waals surface area contributed by atoms with E-state index < -0.39 is 6.10 Å². The molecule has 0 fully saturated rings. The molecule has 0 saturated heterocycles. The standard InChI is InChI=1S/C17H19ClFNO/c1-3-15(20)17(12-5-7-13(18)8-6-12)21-16-10-11(2)4-9-14(16)19/h4-10,15,17H,3,20H2,1-2H3. The highest BCUT2D eigenvalue weighted by Gasteiger charge is 2.22. The molecule has 0 aliphatic carbocycles. The van der Waals surface area contributed by atoms with Crippen molar-refractivity contribution in [1.82, 2.24) is 0 Å². The average Bonchev–Trinajstić information content (AvgIpc) is 2.48. The second-order valence-electron chi connectivity index (χ2n) is 5.10. The molecular weight excluding hydrogens is 289 g/mol. The maximum absolute atomic E-state index is 13.9. The number of nitrogens with two attached hydrogens (primary N) is 1. The lowest BCUT2D eigenvalue weighted by atomic mass is 10.0. The van der Waals surface area contributed by atoms with Crippen LogP contribution in [0, 0.1) is 12.7 Å². The third-order valence-corrected chi connectivity index (χ3v) is 3.65. The summed E-state index contributed by atoms with van der Waals surface area (Å²) in [4.78, 5) is 0. The van der Waals surface area contributed by atoms with Gasteiger partial charge in [0, 0.05) is 11.1 Å². The molecule has 4 heteroatoms. The number of benzene rings is 2. The first kappa shape index (κ1) is 15.8. The van der Waals surface area contributed by atoms with Crippen LogP contribution in [0.15, 0.2) is 42.5 Å². The summed E-state index contributed by atoms with van der Waals surface area (Å²) in [6.07, 6.45) is 0.310. The van der Waals surface area contributed by atoms with Crippen LogP contribution in [0.5, 0.6) is 5.75 Å². The van der Waals surface area contributed by atoms with Crippen molar-refractivity contribution < 1.29 is 9.13 Å². The van der Waals surface area contributed by atoms with Crippen LogP contribution in [0.1, 0.15) is 30.6 Å². The Labute approximate surface area is 129 Å². The van der Waals surface area contributed by atoms with Gasteiger partial charge in [-0.05, 0) is 48.7 Å². The molecular formula is C17H19ClFNO. The highest BCUT2D eigenvalue weighted by molar-refractivity contribution is 6.30. The SMILES string of the molecule is CCC(N)C(Oc1cc(C)ccc1F)c1ccc(Cl)cc1. The third-order valence-electron chi connectivity index (χ3n) is 3.40. The Balaban J connectivity index is 2.32. The van der Waals surface area contributed by atoms with Crippen molar-refractivity contribution in [2.45, 2.75) is 32.4 Å². The van der Waals surface area contributed by atoms with E-state index in [2.05, 4.69) is 0 Å². The highest BCUT2D eigenvalue weighted by atomic mass is 35.5. The van der Waals surface area contributed by atoms with E-state index in [0.29, 0.717) is 5.02 Å². The molecule has 0 amide bonds. The molecule has 2 nitrogen and oxygen atoms in total. The molecule has 0 aromatic heterocycles. The van der Waals surface area contributed by atoms with Gasteiger partial charge in [0.25, 0.3) is 0 Å². The molecule has 21 heavy (non-hydrogen) atoms. The molecule has 2 rings (SSSR count). The van der Waals surface area contributed by atoms with Gasteiger partial charge in [-0.3, -0.25) is 0 Å². The fraction of sp³-hybridized carbons (Fsp3) is 0.294. The van der Waals surface area contributed by atoms with Gasteiger partial charge in [0.15, 0.2) is 11.6 Å². The summed E-state index contributed by atoms with van der Waals surface area (Å²) in [5.74, 6) is -0.165. The minimum Gasteiger partial charge on any atom is -0.481 e. The maximum Gasteiger partial charge on any atom is 0.165 e. The zero-order valence-corrected chi connectivity index (χ0v) is 12.9. The van der Waals surface area contributed by atoms with E-state index in [1.165, 1.54) is 6.07 Å². The molecule has 112 valence electrons. The second kappa shape index (κ2) is 6.92. The van der Waals surface area contributed by atoms with Crippen molar-refractivity contribution in [3.05, 3.63) is 64.4 Å². The topological polar surface area (TPSA) is 35.2 Å². The van der Waals surface area contributed by atoms with Gasteiger partial charge in [-0.25, -0.2) is 4.39 Å². The lowest BCUT2D eigenvalue weighted by Gasteiger charge is -2.25. The minimum atomic E-state index is -0.413. The van der Waals surface area contributed by atoms with E-state index in [9.17, 15) is 4.39 Å². The van der Waals surface area contributed by atoms with E-state index in [1.807, 2.05) is 26.0 Å². The number of aryl methyl sites for hydroxylation is 1. The third kappa shape index (κ3) is 3.96. The predicted molar refractivity (Wildman–Crippen MR) is 84.2 cm³/mol. The Morgan fingerprint density at radius 1 is 1.19 bits per heavy atom. The van der Waals surface area contributed by atoms with E-state index >= 15 is 0 Å². The number of hydrogen-bond donors (Lipinski definition) is 1. The Hall–Kier alpha value is -1.58. The Bertz CT molecular complexity index is 600. The molecule has 0 aliphatic heterocycles. The summed E-state index contributed by atoms with van der Waals surface area (Å²) in [6, 6.07) is 11.8. The van der Waals surface area contributed by atoms with Crippen LogP contribution in [0.25, 0.3) is 0 Å². The van der Waals surface area contributed by atoms with Crippen molar-refractivity contribution in [3.8, 4) is 5.75 Å². The lowest BCUT2D eigenvalue weighted by Crippen LogP contribution is -2.31. The fourth-order valence-corrected chi connectivity index (χ4v) is 2.23. The van der Waals surface area contributed by atoms with Gasteiger partial charge in [-0.2, -0.15) is 0 Å². The van der Waals surface area contributed by atoms with Crippen LogP contribution in [-0.4, -0.2) is 6.04 Å². The van der Waals surface area contributed by atoms with Gasteiger partial charge < -0.3 is 10.5 Å².